The van der Waals surface area contributed by atoms with Crippen LogP contribution in [0.4, 0.5) is 11.6 Å². The number of aromatic nitrogens is 5. The molecule has 30 heavy (non-hydrogen) atoms. The van der Waals surface area contributed by atoms with Gasteiger partial charge in [-0.1, -0.05) is 12.8 Å². The molecule has 1 saturated carbocycles. The molecule has 2 atom stereocenters. The number of nitrogens with one attached hydrogen (secondary N) is 2. The molecule has 0 spiro atoms. The second-order valence-electron chi connectivity index (χ2n) is 7.40. The van der Waals surface area contributed by atoms with Gasteiger partial charge in [-0.3, -0.25) is 14.3 Å². The minimum atomic E-state index is -0.713. The molecule has 0 radical (unpaired) electrons. The fraction of sp³-hybridized carbons (Fsp3) is 0.421. The topological polar surface area (TPSA) is 158 Å². The first kappa shape index (κ1) is 19.8. The van der Waals surface area contributed by atoms with E-state index in [0.717, 1.165) is 25.7 Å². The lowest BCUT2D eigenvalue weighted by molar-refractivity contribution is 0.0995. The first-order valence-electron chi connectivity index (χ1n) is 10.0. The number of rotatable bonds is 6. The summed E-state index contributed by atoms with van der Waals surface area (Å²) in [7, 11) is 0. The molecule has 11 heteroatoms. The summed E-state index contributed by atoms with van der Waals surface area (Å²) in [5.41, 5.74) is 12.8. The van der Waals surface area contributed by atoms with Crippen molar-refractivity contribution in [2.45, 2.75) is 51.2 Å². The summed E-state index contributed by atoms with van der Waals surface area (Å²) in [6.45, 7) is 2.41. The van der Waals surface area contributed by atoms with Crippen molar-refractivity contribution in [2.75, 3.05) is 10.6 Å². The quantitative estimate of drug-likeness (QED) is 0.470. The molecule has 0 bridgehead atoms. The van der Waals surface area contributed by atoms with Crippen LogP contribution in [0.5, 0.6) is 0 Å². The Labute approximate surface area is 172 Å². The smallest absolute Gasteiger partial charge is 0.274 e. The molecule has 158 valence electrons. The number of nitrogens with two attached hydrogens (primary N) is 2. The van der Waals surface area contributed by atoms with Gasteiger partial charge in [0.2, 0.25) is 5.95 Å². The van der Waals surface area contributed by atoms with Gasteiger partial charge in [-0.25, -0.2) is 9.50 Å². The molecule has 2 unspecified atom stereocenters. The predicted molar refractivity (Wildman–Crippen MR) is 111 cm³/mol. The van der Waals surface area contributed by atoms with Gasteiger partial charge in [0.05, 0.1) is 17.4 Å². The Morgan fingerprint density at radius 1 is 1.23 bits per heavy atom. The number of aryl methyl sites for hydroxylation is 1. The van der Waals surface area contributed by atoms with E-state index in [1.165, 1.54) is 9.20 Å². The van der Waals surface area contributed by atoms with E-state index in [1.54, 1.807) is 24.5 Å². The Hall–Kier alpha value is -3.47. The SMILES string of the molecule is CCn1cc(NC(=O)c2ccc3cnc(NC4CCCCC4N)nn23)c(C(N)=O)n1. The summed E-state index contributed by atoms with van der Waals surface area (Å²) in [4.78, 5) is 28.9. The lowest BCUT2D eigenvalue weighted by Crippen LogP contribution is -2.43. The van der Waals surface area contributed by atoms with E-state index in [9.17, 15) is 9.59 Å². The lowest BCUT2D eigenvalue weighted by atomic mass is 9.91. The van der Waals surface area contributed by atoms with E-state index in [0.29, 0.717) is 23.7 Å². The Kier molecular flexibility index (Phi) is 5.36. The molecular weight excluding hydrogens is 386 g/mol. The van der Waals surface area contributed by atoms with Crippen molar-refractivity contribution in [3.63, 3.8) is 0 Å². The van der Waals surface area contributed by atoms with Crippen LogP contribution < -0.4 is 22.1 Å². The number of hydrogen-bond acceptors (Lipinski definition) is 7. The maximum absolute atomic E-state index is 12.9. The normalized spacial score (nSPS) is 19.0. The van der Waals surface area contributed by atoms with E-state index in [1.807, 2.05) is 6.92 Å². The van der Waals surface area contributed by atoms with E-state index in [-0.39, 0.29) is 23.5 Å². The van der Waals surface area contributed by atoms with Gasteiger partial charge >= 0.3 is 0 Å². The molecule has 1 fully saturated rings. The highest BCUT2D eigenvalue weighted by Crippen LogP contribution is 2.20. The highest BCUT2D eigenvalue weighted by Gasteiger charge is 2.23. The van der Waals surface area contributed by atoms with Crippen molar-refractivity contribution in [1.29, 1.82) is 0 Å². The third-order valence-electron chi connectivity index (χ3n) is 5.33. The predicted octanol–water partition coefficient (Wildman–Crippen LogP) is 0.979. The van der Waals surface area contributed by atoms with Gasteiger partial charge in [0.25, 0.3) is 11.8 Å². The van der Waals surface area contributed by atoms with Crippen LogP contribution >= 0.6 is 0 Å². The van der Waals surface area contributed by atoms with Crippen molar-refractivity contribution in [3.8, 4) is 0 Å². The minimum Gasteiger partial charge on any atom is -0.364 e. The Morgan fingerprint density at radius 3 is 2.77 bits per heavy atom. The van der Waals surface area contributed by atoms with Gasteiger partial charge < -0.3 is 22.1 Å². The van der Waals surface area contributed by atoms with E-state index in [4.69, 9.17) is 11.5 Å². The van der Waals surface area contributed by atoms with Crippen LogP contribution in [0.15, 0.2) is 24.5 Å². The lowest BCUT2D eigenvalue weighted by Gasteiger charge is -2.29. The van der Waals surface area contributed by atoms with E-state index >= 15 is 0 Å². The number of fused-ring (bicyclic) bond motifs is 1. The summed E-state index contributed by atoms with van der Waals surface area (Å²) in [6, 6.07) is 3.54. The largest absolute Gasteiger partial charge is 0.364 e. The zero-order chi connectivity index (χ0) is 21.3. The molecule has 4 rings (SSSR count). The van der Waals surface area contributed by atoms with Crippen molar-refractivity contribution in [1.82, 2.24) is 24.4 Å². The summed E-state index contributed by atoms with van der Waals surface area (Å²) < 4.78 is 3.04. The Morgan fingerprint density at radius 2 is 2.03 bits per heavy atom. The molecule has 0 saturated heterocycles. The van der Waals surface area contributed by atoms with Gasteiger partial charge in [-0.15, -0.1) is 5.10 Å². The molecule has 0 aromatic carbocycles. The average molecular weight is 411 g/mol. The first-order valence-corrected chi connectivity index (χ1v) is 10.0. The van der Waals surface area contributed by atoms with Gasteiger partial charge in [0, 0.05) is 24.8 Å². The maximum Gasteiger partial charge on any atom is 0.274 e. The molecule has 1 aliphatic carbocycles. The standard InChI is InChI=1S/C19H25N9O2/c1-2-27-10-14(16(25-27)17(21)29)23-18(30)15-8-7-11-9-22-19(26-28(11)15)24-13-6-4-3-5-12(13)20/h7-10,12-13H,2-6,20H2,1H3,(H2,21,29)(H,23,30)(H,24,26). The van der Waals surface area contributed by atoms with Gasteiger partial charge in [-0.05, 0) is 31.9 Å². The Balaban J connectivity index is 1.59. The third-order valence-corrected chi connectivity index (χ3v) is 5.33. The molecule has 11 nitrogen and oxygen atoms in total. The number of amides is 2. The maximum atomic E-state index is 12.9. The number of carbonyl (C=O) groups is 2. The molecule has 3 aromatic rings. The summed E-state index contributed by atoms with van der Waals surface area (Å²) in [6.07, 6.45) is 7.37. The molecule has 6 N–H and O–H groups in total. The molecule has 3 heterocycles. The van der Waals surface area contributed by atoms with Crippen LogP contribution in [-0.4, -0.2) is 48.3 Å². The summed E-state index contributed by atoms with van der Waals surface area (Å²) in [5, 5.41) is 14.5. The first-order chi connectivity index (χ1) is 14.5. The number of carbonyl (C=O) groups excluding carboxylic acids is 2. The van der Waals surface area contributed by atoms with Crippen LogP contribution in [-0.2, 0) is 6.54 Å². The minimum absolute atomic E-state index is 0.00864. The zero-order valence-electron chi connectivity index (χ0n) is 16.7. The average Bonchev–Trinajstić information content (AvgIpc) is 3.33. The summed E-state index contributed by atoms with van der Waals surface area (Å²) >= 11 is 0. The summed E-state index contributed by atoms with van der Waals surface area (Å²) in [5.74, 6) is -0.742. The highest BCUT2D eigenvalue weighted by molar-refractivity contribution is 6.07. The molecular formula is C19H25N9O2. The zero-order valence-corrected chi connectivity index (χ0v) is 16.7. The number of primary amides is 1. The van der Waals surface area contributed by atoms with Crippen molar-refractivity contribution >= 4 is 29.0 Å². The molecule has 1 aliphatic rings. The van der Waals surface area contributed by atoms with Crippen molar-refractivity contribution in [2.24, 2.45) is 11.5 Å². The van der Waals surface area contributed by atoms with Crippen molar-refractivity contribution < 1.29 is 9.59 Å². The second-order valence-corrected chi connectivity index (χ2v) is 7.40. The van der Waals surface area contributed by atoms with Gasteiger partial charge in [0.15, 0.2) is 5.69 Å². The molecule has 3 aromatic heterocycles. The van der Waals surface area contributed by atoms with Crippen LogP contribution in [0, 0.1) is 0 Å². The van der Waals surface area contributed by atoms with E-state index in [2.05, 4.69) is 25.8 Å². The Bertz CT molecular complexity index is 1090. The molecule has 0 aliphatic heterocycles. The third kappa shape index (κ3) is 3.83. The van der Waals surface area contributed by atoms with Crippen LogP contribution in [0.25, 0.3) is 5.52 Å². The van der Waals surface area contributed by atoms with Gasteiger partial charge in [-0.2, -0.15) is 5.10 Å². The van der Waals surface area contributed by atoms with Gasteiger partial charge in [0.1, 0.15) is 5.69 Å². The highest BCUT2D eigenvalue weighted by atomic mass is 16.2. The van der Waals surface area contributed by atoms with E-state index < -0.39 is 11.8 Å². The van der Waals surface area contributed by atoms with Crippen LogP contribution in [0.1, 0.15) is 53.6 Å². The fourth-order valence-corrected chi connectivity index (χ4v) is 3.69. The monoisotopic (exact) mass is 411 g/mol. The number of anilines is 2. The number of hydrogen-bond donors (Lipinski definition) is 4. The molecule has 2 amide bonds. The van der Waals surface area contributed by atoms with Crippen LogP contribution in [0.2, 0.25) is 0 Å². The fourth-order valence-electron chi connectivity index (χ4n) is 3.69. The van der Waals surface area contributed by atoms with Crippen LogP contribution in [0.3, 0.4) is 0 Å². The second kappa shape index (κ2) is 8.11. The van der Waals surface area contributed by atoms with Crippen molar-refractivity contribution in [3.05, 3.63) is 35.9 Å². The number of nitrogens with zero attached hydrogens (tertiary/aromatic N) is 5.